The van der Waals surface area contributed by atoms with Crippen LogP contribution in [0.25, 0.3) is 0 Å². The maximum absolute atomic E-state index is 12.0. The van der Waals surface area contributed by atoms with E-state index in [4.69, 9.17) is 0 Å². The summed E-state index contributed by atoms with van der Waals surface area (Å²) < 4.78 is 0. The first kappa shape index (κ1) is 19.1. The normalized spacial score (nSPS) is 9.57. The van der Waals surface area contributed by atoms with Crippen molar-refractivity contribution in [3.05, 3.63) is 54.6 Å². The average Bonchev–Trinajstić information content (AvgIpc) is 2.62. The minimum atomic E-state index is 0.146. The Labute approximate surface area is 144 Å². The molecule has 0 heterocycles. The number of hydrogen-bond donors (Lipinski definition) is 1. The molecule has 0 unspecified atom stereocenters. The Bertz CT molecular complexity index is 570. The van der Waals surface area contributed by atoms with E-state index in [1.165, 1.54) is 0 Å². The number of nitrogens with zero attached hydrogens (tertiary/aromatic N) is 1. The molecule has 0 saturated carbocycles. The van der Waals surface area contributed by atoms with Crippen molar-refractivity contribution in [2.75, 3.05) is 29.3 Å². The molecular formula is C19H26N2OS. The van der Waals surface area contributed by atoms with Crippen LogP contribution in [0.1, 0.15) is 20.3 Å². The smallest absolute Gasteiger partial charge is 0.227 e. The van der Waals surface area contributed by atoms with Crippen molar-refractivity contribution >= 4 is 34.7 Å². The molecule has 1 N–H and O–H groups in total. The SMILES string of the molecule is CC.CSCCC(=O)N(C)c1ccc(Nc2ccccc2)cc1. The summed E-state index contributed by atoms with van der Waals surface area (Å²) in [6.45, 7) is 4.00. The monoisotopic (exact) mass is 330 g/mol. The lowest BCUT2D eigenvalue weighted by atomic mass is 10.2. The van der Waals surface area contributed by atoms with Gasteiger partial charge in [-0.3, -0.25) is 4.79 Å². The topological polar surface area (TPSA) is 32.3 Å². The van der Waals surface area contributed by atoms with Crippen LogP contribution in [0.2, 0.25) is 0 Å². The largest absolute Gasteiger partial charge is 0.356 e. The number of carbonyl (C=O) groups is 1. The maximum atomic E-state index is 12.0. The maximum Gasteiger partial charge on any atom is 0.227 e. The van der Waals surface area contributed by atoms with Gasteiger partial charge in [0.2, 0.25) is 5.91 Å². The third kappa shape index (κ3) is 6.37. The summed E-state index contributed by atoms with van der Waals surface area (Å²) in [6, 6.07) is 17.9. The Morgan fingerprint density at radius 3 is 2.13 bits per heavy atom. The molecule has 23 heavy (non-hydrogen) atoms. The van der Waals surface area contributed by atoms with E-state index < -0.39 is 0 Å². The molecule has 0 aliphatic carbocycles. The van der Waals surface area contributed by atoms with E-state index in [0.717, 1.165) is 22.8 Å². The van der Waals surface area contributed by atoms with Crippen molar-refractivity contribution in [1.82, 2.24) is 0 Å². The van der Waals surface area contributed by atoms with Crippen LogP contribution in [0.4, 0.5) is 17.1 Å². The highest BCUT2D eigenvalue weighted by molar-refractivity contribution is 7.98. The van der Waals surface area contributed by atoms with Crippen molar-refractivity contribution in [2.24, 2.45) is 0 Å². The highest BCUT2D eigenvalue weighted by Crippen LogP contribution is 2.21. The highest BCUT2D eigenvalue weighted by Gasteiger charge is 2.10. The second-order valence-electron chi connectivity index (χ2n) is 4.73. The van der Waals surface area contributed by atoms with Crippen LogP contribution in [0.3, 0.4) is 0 Å². The van der Waals surface area contributed by atoms with Gasteiger partial charge < -0.3 is 10.2 Å². The first-order valence-corrected chi connectivity index (χ1v) is 9.27. The van der Waals surface area contributed by atoms with Gasteiger partial charge >= 0.3 is 0 Å². The highest BCUT2D eigenvalue weighted by atomic mass is 32.2. The minimum Gasteiger partial charge on any atom is -0.356 e. The number of nitrogens with one attached hydrogen (secondary N) is 1. The van der Waals surface area contributed by atoms with E-state index in [0.29, 0.717) is 6.42 Å². The first-order chi connectivity index (χ1) is 11.2. The van der Waals surface area contributed by atoms with Gasteiger partial charge in [-0.25, -0.2) is 0 Å². The number of rotatable bonds is 6. The van der Waals surface area contributed by atoms with E-state index in [1.807, 2.05) is 81.7 Å². The summed E-state index contributed by atoms with van der Waals surface area (Å²) in [6.07, 6.45) is 2.58. The molecule has 4 heteroatoms. The Morgan fingerprint density at radius 1 is 1.00 bits per heavy atom. The molecule has 0 radical (unpaired) electrons. The lowest BCUT2D eigenvalue weighted by Gasteiger charge is -2.17. The molecule has 0 aliphatic rings. The molecule has 2 aromatic carbocycles. The Hall–Kier alpha value is -1.94. The van der Waals surface area contributed by atoms with Crippen LogP contribution in [0.5, 0.6) is 0 Å². The van der Waals surface area contributed by atoms with E-state index in [1.54, 1.807) is 16.7 Å². The Morgan fingerprint density at radius 2 is 1.57 bits per heavy atom. The van der Waals surface area contributed by atoms with Gasteiger partial charge in [-0.05, 0) is 42.7 Å². The van der Waals surface area contributed by atoms with E-state index in [2.05, 4.69) is 5.32 Å². The molecule has 124 valence electrons. The Balaban J connectivity index is 0.00000127. The summed E-state index contributed by atoms with van der Waals surface area (Å²) in [5.41, 5.74) is 2.98. The van der Waals surface area contributed by atoms with Crippen LogP contribution in [-0.4, -0.2) is 25.0 Å². The number of hydrogen-bond acceptors (Lipinski definition) is 3. The number of thioether (sulfide) groups is 1. The summed E-state index contributed by atoms with van der Waals surface area (Å²) in [5.74, 6) is 1.00. The van der Waals surface area contributed by atoms with Crippen molar-refractivity contribution in [1.29, 1.82) is 0 Å². The number of para-hydroxylation sites is 1. The second-order valence-corrected chi connectivity index (χ2v) is 5.72. The van der Waals surface area contributed by atoms with E-state index in [9.17, 15) is 4.79 Å². The zero-order chi connectivity index (χ0) is 17.1. The van der Waals surface area contributed by atoms with E-state index >= 15 is 0 Å². The fourth-order valence-corrected chi connectivity index (χ4v) is 2.34. The van der Waals surface area contributed by atoms with Gasteiger partial charge in [0.05, 0.1) is 0 Å². The number of carbonyl (C=O) groups excluding carboxylic acids is 1. The van der Waals surface area contributed by atoms with Gasteiger partial charge in [0.15, 0.2) is 0 Å². The first-order valence-electron chi connectivity index (χ1n) is 7.88. The van der Waals surface area contributed by atoms with Crippen LogP contribution in [0.15, 0.2) is 54.6 Å². The van der Waals surface area contributed by atoms with Gasteiger partial charge in [0, 0.05) is 36.3 Å². The lowest BCUT2D eigenvalue weighted by molar-refractivity contribution is -0.117. The summed E-state index contributed by atoms with van der Waals surface area (Å²) in [7, 11) is 1.82. The van der Waals surface area contributed by atoms with Crippen LogP contribution >= 0.6 is 11.8 Å². The van der Waals surface area contributed by atoms with Gasteiger partial charge in [-0.2, -0.15) is 11.8 Å². The van der Waals surface area contributed by atoms with E-state index in [-0.39, 0.29) is 5.91 Å². The van der Waals surface area contributed by atoms with Gasteiger partial charge in [0.1, 0.15) is 0 Å². The molecule has 0 aliphatic heterocycles. The third-order valence-corrected chi connectivity index (χ3v) is 3.82. The summed E-state index contributed by atoms with van der Waals surface area (Å²) in [5, 5.41) is 3.33. The predicted octanol–water partition coefficient (Wildman–Crippen LogP) is 5.17. The van der Waals surface area contributed by atoms with Crippen LogP contribution in [-0.2, 0) is 4.79 Å². The number of anilines is 3. The molecule has 0 saturated heterocycles. The summed E-state index contributed by atoms with van der Waals surface area (Å²) >= 11 is 1.69. The fourth-order valence-electron chi connectivity index (χ4n) is 1.96. The zero-order valence-electron chi connectivity index (χ0n) is 14.4. The molecule has 0 atom stereocenters. The molecule has 3 nitrogen and oxygen atoms in total. The molecule has 1 amide bonds. The van der Waals surface area contributed by atoms with Gasteiger partial charge in [-0.1, -0.05) is 32.0 Å². The Kier molecular flexibility index (Phi) is 8.91. The van der Waals surface area contributed by atoms with Crippen molar-refractivity contribution in [3.8, 4) is 0 Å². The molecular weight excluding hydrogens is 304 g/mol. The zero-order valence-corrected chi connectivity index (χ0v) is 15.2. The quantitative estimate of drug-likeness (QED) is 0.793. The van der Waals surface area contributed by atoms with Crippen LogP contribution < -0.4 is 10.2 Å². The van der Waals surface area contributed by atoms with Crippen LogP contribution in [0, 0.1) is 0 Å². The lowest BCUT2D eigenvalue weighted by Crippen LogP contribution is -2.26. The standard InChI is InChI=1S/C17H20N2OS.C2H6/c1-19(17(20)12-13-21-2)16-10-8-15(9-11-16)18-14-6-4-3-5-7-14;1-2/h3-11,18H,12-13H2,1-2H3;1-2H3. The second kappa shape index (κ2) is 10.7. The van der Waals surface area contributed by atoms with Crippen molar-refractivity contribution < 1.29 is 4.79 Å². The van der Waals surface area contributed by atoms with Crippen molar-refractivity contribution in [3.63, 3.8) is 0 Å². The molecule has 0 spiro atoms. The number of benzene rings is 2. The molecule has 0 bridgehead atoms. The fraction of sp³-hybridized carbons (Fsp3) is 0.316. The van der Waals surface area contributed by atoms with Gasteiger partial charge in [-0.15, -0.1) is 0 Å². The minimum absolute atomic E-state index is 0.146. The predicted molar refractivity (Wildman–Crippen MR) is 104 cm³/mol. The third-order valence-electron chi connectivity index (χ3n) is 3.21. The molecule has 0 aromatic heterocycles. The molecule has 0 fully saturated rings. The number of amides is 1. The summed E-state index contributed by atoms with van der Waals surface area (Å²) in [4.78, 5) is 13.7. The molecule has 2 aromatic rings. The van der Waals surface area contributed by atoms with Gasteiger partial charge in [0.25, 0.3) is 0 Å². The molecule has 2 rings (SSSR count). The average molecular weight is 330 g/mol. The van der Waals surface area contributed by atoms with Crippen molar-refractivity contribution in [2.45, 2.75) is 20.3 Å².